The van der Waals surface area contributed by atoms with Gasteiger partial charge in [0.1, 0.15) is 0 Å². The van der Waals surface area contributed by atoms with Crippen molar-refractivity contribution >= 4 is 11.2 Å². The van der Waals surface area contributed by atoms with Crippen LogP contribution >= 0.6 is 0 Å². The van der Waals surface area contributed by atoms with Gasteiger partial charge < -0.3 is 0 Å². The molecule has 1 aromatic heterocycles. The Morgan fingerprint density at radius 2 is 2.00 bits per heavy atom. The quantitative estimate of drug-likeness (QED) is 0.749. The Morgan fingerprint density at radius 3 is 2.69 bits per heavy atom. The Kier molecular flexibility index (Phi) is 3.10. The number of rotatable bonds is 2. The normalized spacial score (nSPS) is 12.4. The molecule has 82 valence electrons. The summed E-state index contributed by atoms with van der Waals surface area (Å²) in [6.07, 6.45) is 3.45. The van der Waals surface area contributed by atoms with Crippen LogP contribution in [0.15, 0.2) is 47.6 Å². The largest absolute Gasteiger partial charge is 0.264 e. The molecule has 0 fully saturated rings. The van der Waals surface area contributed by atoms with Crippen LogP contribution in [0.25, 0.3) is 11.1 Å². The van der Waals surface area contributed by atoms with Crippen LogP contribution in [0.2, 0.25) is 0 Å². The molecule has 0 saturated heterocycles. The summed E-state index contributed by atoms with van der Waals surface area (Å²) in [7, 11) is 0. The molecule has 0 spiro atoms. The highest BCUT2D eigenvalue weighted by molar-refractivity contribution is 7.79. The molecule has 0 aliphatic heterocycles. The predicted molar refractivity (Wildman–Crippen MR) is 61.9 cm³/mol. The van der Waals surface area contributed by atoms with E-state index in [9.17, 15) is 8.09 Å². The van der Waals surface area contributed by atoms with Gasteiger partial charge in [0.15, 0.2) is 0 Å². The Hall–Kier alpha value is -1.55. The molecule has 0 N–H and O–H groups in total. The van der Waals surface area contributed by atoms with E-state index in [1.165, 1.54) is 6.07 Å². The van der Waals surface area contributed by atoms with Crippen molar-refractivity contribution in [3.8, 4) is 11.1 Å². The van der Waals surface area contributed by atoms with Crippen LogP contribution in [-0.4, -0.2) is 9.19 Å². The first-order valence-corrected chi connectivity index (χ1v) is 5.82. The second-order valence-electron chi connectivity index (χ2n) is 3.50. The molecule has 0 aliphatic carbocycles. The molecule has 16 heavy (non-hydrogen) atoms. The molecule has 4 heteroatoms. The minimum atomic E-state index is -2.44. The fourth-order valence-corrected chi connectivity index (χ4v) is 1.89. The van der Waals surface area contributed by atoms with Gasteiger partial charge in [0.25, 0.3) is 0 Å². The van der Waals surface area contributed by atoms with Crippen molar-refractivity contribution in [3.05, 3.63) is 48.3 Å². The summed E-state index contributed by atoms with van der Waals surface area (Å²) in [5.74, 6) is 0. The summed E-state index contributed by atoms with van der Waals surface area (Å²) >= 11 is -2.44. The van der Waals surface area contributed by atoms with Crippen LogP contribution in [0, 0.1) is 6.92 Å². The highest BCUT2D eigenvalue weighted by atomic mass is 32.2. The van der Waals surface area contributed by atoms with Crippen LogP contribution in [0.1, 0.15) is 5.56 Å². The van der Waals surface area contributed by atoms with E-state index in [1.807, 2.05) is 19.1 Å². The predicted octanol–water partition coefficient (Wildman–Crippen LogP) is 3.05. The van der Waals surface area contributed by atoms with Crippen LogP contribution < -0.4 is 0 Å². The van der Waals surface area contributed by atoms with Crippen molar-refractivity contribution in [2.45, 2.75) is 11.8 Å². The zero-order chi connectivity index (χ0) is 11.5. The van der Waals surface area contributed by atoms with Crippen LogP contribution in [0.5, 0.6) is 0 Å². The molecule has 0 bridgehead atoms. The van der Waals surface area contributed by atoms with Crippen molar-refractivity contribution in [1.29, 1.82) is 0 Å². The first-order valence-electron chi connectivity index (χ1n) is 4.77. The number of halogens is 1. The molecule has 0 radical (unpaired) electrons. The zero-order valence-electron chi connectivity index (χ0n) is 8.68. The molecule has 1 aromatic carbocycles. The maximum absolute atomic E-state index is 12.7. The minimum Gasteiger partial charge on any atom is -0.264 e. The zero-order valence-corrected chi connectivity index (χ0v) is 9.50. The maximum atomic E-state index is 12.7. The van der Waals surface area contributed by atoms with Crippen LogP contribution in [0.4, 0.5) is 3.89 Å². The summed E-state index contributed by atoms with van der Waals surface area (Å²) in [5, 5.41) is 0. The topological polar surface area (TPSA) is 30.0 Å². The molecule has 0 saturated carbocycles. The molecule has 1 unspecified atom stereocenters. The third kappa shape index (κ3) is 2.33. The Morgan fingerprint density at radius 1 is 1.19 bits per heavy atom. The van der Waals surface area contributed by atoms with Crippen molar-refractivity contribution in [3.63, 3.8) is 0 Å². The van der Waals surface area contributed by atoms with E-state index in [2.05, 4.69) is 4.98 Å². The number of pyridine rings is 1. The first-order chi connectivity index (χ1) is 7.66. The summed E-state index contributed by atoms with van der Waals surface area (Å²) in [5.41, 5.74) is 2.75. The van der Waals surface area contributed by atoms with E-state index >= 15 is 0 Å². The lowest BCUT2D eigenvalue weighted by Crippen LogP contribution is -1.86. The average molecular weight is 235 g/mol. The number of benzene rings is 1. The fourth-order valence-electron chi connectivity index (χ4n) is 1.49. The Labute approximate surface area is 95.9 Å². The van der Waals surface area contributed by atoms with E-state index in [1.54, 1.807) is 24.5 Å². The Bertz CT molecular complexity index is 542. The van der Waals surface area contributed by atoms with Gasteiger partial charge in [-0.05, 0) is 36.2 Å². The molecular weight excluding hydrogens is 225 g/mol. The molecule has 2 aromatic rings. The van der Waals surface area contributed by atoms with Gasteiger partial charge in [-0.25, -0.2) is 4.21 Å². The van der Waals surface area contributed by atoms with E-state index in [0.717, 1.165) is 16.7 Å². The molecule has 2 rings (SSSR count). The van der Waals surface area contributed by atoms with E-state index < -0.39 is 11.2 Å². The maximum Gasteiger partial charge on any atom is 0.231 e. The van der Waals surface area contributed by atoms with E-state index in [0.29, 0.717) is 0 Å². The SMILES string of the molecule is Cc1cncc(-c2cccc(S(=O)F)c2)c1. The van der Waals surface area contributed by atoms with Gasteiger partial charge in [-0.15, -0.1) is 3.89 Å². The second-order valence-corrected chi connectivity index (χ2v) is 4.42. The lowest BCUT2D eigenvalue weighted by molar-refractivity contribution is 0.649. The summed E-state index contributed by atoms with van der Waals surface area (Å²) in [6.45, 7) is 1.94. The first kappa shape index (κ1) is 11.0. The number of hydrogen-bond acceptors (Lipinski definition) is 2. The van der Waals surface area contributed by atoms with Crippen LogP contribution in [0.3, 0.4) is 0 Å². The van der Waals surface area contributed by atoms with E-state index in [-0.39, 0.29) is 4.90 Å². The number of nitrogens with zero attached hydrogens (tertiary/aromatic N) is 1. The molecular formula is C12H10FNOS. The molecule has 2 nitrogen and oxygen atoms in total. The number of aryl methyl sites for hydroxylation is 1. The third-order valence-electron chi connectivity index (χ3n) is 2.23. The second kappa shape index (κ2) is 4.53. The van der Waals surface area contributed by atoms with E-state index in [4.69, 9.17) is 0 Å². The molecule has 0 aliphatic rings. The van der Waals surface area contributed by atoms with Gasteiger partial charge in [-0.1, -0.05) is 12.1 Å². The lowest BCUT2D eigenvalue weighted by atomic mass is 10.1. The van der Waals surface area contributed by atoms with Gasteiger partial charge in [0, 0.05) is 18.0 Å². The molecule has 1 atom stereocenters. The number of aromatic nitrogens is 1. The van der Waals surface area contributed by atoms with Gasteiger partial charge in [0.2, 0.25) is 11.2 Å². The van der Waals surface area contributed by atoms with Gasteiger partial charge in [-0.3, -0.25) is 4.98 Å². The monoisotopic (exact) mass is 235 g/mol. The fraction of sp³-hybridized carbons (Fsp3) is 0.0833. The smallest absolute Gasteiger partial charge is 0.231 e. The minimum absolute atomic E-state index is 0.180. The van der Waals surface area contributed by atoms with Gasteiger partial charge >= 0.3 is 0 Å². The van der Waals surface area contributed by atoms with Crippen molar-refractivity contribution in [1.82, 2.24) is 4.98 Å². The highest BCUT2D eigenvalue weighted by Crippen LogP contribution is 2.22. The van der Waals surface area contributed by atoms with Crippen molar-refractivity contribution in [2.75, 3.05) is 0 Å². The molecule has 1 heterocycles. The standard InChI is InChI=1S/C12H10FNOS/c1-9-5-11(8-14-7-9)10-3-2-4-12(6-10)16(13)15/h2-8H,1H3. The lowest BCUT2D eigenvalue weighted by Gasteiger charge is -2.03. The van der Waals surface area contributed by atoms with Crippen molar-refractivity contribution < 1.29 is 8.09 Å². The van der Waals surface area contributed by atoms with Gasteiger partial charge in [-0.2, -0.15) is 0 Å². The Balaban J connectivity index is 2.48. The van der Waals surface area contributed by atoms with Crippen LogP contribution in [-0.2, 0) is 11.2 Å². The number of hydrogen-bond donors (Lipinski definition) is 0. The molecule has 0 amide bonds. The summed E-state index contributed by atoms with van der Waals surface area (Å²) in [4.78, 5) is 4.25. The average Bonchev–Trinajstić information content (AvgIpc) is 2.29. The van der Waals surface area contributed by atoms with Gasteiger partial charge in [0.05, 0.1) is 4.90 Å². The summed E-state index contributed by atoms with van der Waals surface area (Å²) < 4.78 is 23.4. The third-order valence-corrected chi connectivity index (χ3v) is 2.85. The summed E-state index contributed by atoms with van der Waals surface area (Å²) in [6, 6.07) is 8.56. The van der Waals surface area contributed by atoms with Crippen molar-refractivity contribution in [2.24, 2.45) is 0 Å². The highest BCUT2D eigenvalue weighted by Gasteiger charge is 2.04.